The largest absolute Gasteiger partial charge is 0.489 e. The number of aryl methyl sites for hydroxylation is 3. The predicted octanol–water partition coefficient (Wildman–Crippen LogP) is 6.10. The van der Waals surface area contributed by atoms with Gasteiger partial charge in [-0.1, -0.05) is 18.2 Å². The number of benzene rings is 3. The number of ether oxygens (including phenoxy) is 1. The van der Waals surface area contributed by atoms with Crippen LogP contribution >= 0.6 is 0 Å². The normalized spacial score (nSPS) is 14.6. The number of anilines is 1. The van der Waals surface area contributed by atoms with Gasteiger partial charge in [0.2, 0.25) is 0 Å². The van der Waals surface area contributed by atoms with Crippen molar-refractivity contribution in [3.8, 4) is 11.4 Å². The molecule has 1 aliphatic heterocycles. The minimum Gasteiger partial charge on any atom is -0.489 e. The molecule has 0 unspecified atom stereocenters. The number of rotatable bonds is 6. The van der Waals surface area contributed by atoms with Crippen LogP contribution in [-0.2, 0) is 16.2 Å². The summed E-state index contributed by atoms with van der Waals surface area (Å²) in [5.74, 6) is -1.04. The molecule has 1 N–H and O–H groups in total. The minimum atomic E-state index is -0.775. The molecule has 2 heterocycles. The molecule has 4 aromatic rings. The third-order valence-corrected chi connectivity index (χ3v) is 7.03. The number of imide groups is 2. The second-order valence-electron chi connectivity index (χ2n) is 9.80. The molecule has 1 fully saturated rings. The number of nitrogens with one attached hydrogen (secondary N) is 1. The van der Waals surface area contributed by atoms with Crippen LogP contribution < -0.4 is 15.0 Å². The monoisotopic (exact) mass is 537 g/mol. The predicted molar refractivity (Wildman–Crippen MR) is 151 cm³/mol. The molecule has 3 aromatic carbocycles. The molecule has 1 saturated heterocycles. The van der Waals surface area contributed by atoms with Crippen molar-refractivity contribution in [3.63, 3.8) is 0 Å². The second kappa shape index (κ2) is 10.6. The molecule has 0 spiro atoms. The Morgan fingerprint density at radius 2 is 1.50 bits per heavy atom. The molecule has 7 nitrogen and oxygen atoms in total. The Labute approximate surface area is 231 Å². The SMILES string of the molecule is Cc1ccc(N2C(=O)NC(=O)/C(=C\c3cc(C)n(-c4ccc(OCc5ccc(F)cc5)cc4)c3C)C2=O)cc1C. The lowest BCUT2D eigenvalue weighted by Crippen LogP contribution is -2.54. The van der Waals surface area contributed by atoms with Gasteiger partial charge in [-0.15, -0.1) is 0 Å². The fourth-order valence-corrected chi connectivity index (χ4v) is 4.68. The van der Waals surface area contributed by atoms with E-state index < -0.39 is 17.8 Å². The highest BCUT2D eigenvalue weighted by Crippen LogP contribution is 2.28. The molecule has 0 radical (unpaired) electrons. The molecular weight excluding hydrogens is 509 g/mol. The van der Waals surface area contributed by atoms with Crippen LogP contribution in [0.4, 0.5) is 14.9 Å². The number of hydrogen-bond acceptors (Lipinski definition) is 4. The molecule has 202 valence electrons. The molecule has 0 atom stereocenters. The number of amides is 4. The summed E-state index contributed by atoms with van der Waals surface area (Å²) in [6.45, 7) is 7.98. The van der Waals surface area contributed by atoms with Crippen molar-refractivity contribution >= 4 is 29.6 Å². The van der Waals surface area contributed by atoms with Gasteiger partial charge < -0.3 is 9.30 Å². The molecule has 5 rings (SSSR count). The first-order chi connectivity index (χ1) is 19.1. The summed E-state index contributed by atoms with van der Waals surface area (Å²) in [7, 11) is 0. The number of halogens is 1. The van der Waals surface area contributed by atoms with Gasteiger partial charge in [0.1, 0.15) is 23.7 Å². The van der Waals surface area contributed by atoms with Crippen molar-refractivity contribution in [1.29, 1.82) is 0 Å². The van der Waals surface area contributed by atoms with Crippen LogP contribution in [0.25, 0.3) is 11.8 Å². The van der Waals surface area contributed by atoms with Gasteiger partial charge in [0.15, 0.2) is 0 Å². The Hall–Kier alpha value is -4.98. The van der Waals surface area contributed by atoms with Gasteiger partial charge in [-0.05, 0) is 111 Å². The number of barbiturate groups is 1. The van der Waals surface area contributed by atoms with E-state index in [1.54, 1.807) is 24.3 Å². The fraction of sp³-hybridized carbons (Fsp3) is 0.156. The summed E-state index contributed by atoms with van der Waals surface area (Å²) in [5, 5.41) is 2.29. The van der Waals surface area contributed by atoms with Gasteiger partial charge in [-0.25, -0.2) is 14.1 Å². The van der Waals surface area contributed by atoms with Crippen LogP contribution in [0.3, 0.4) is 0 Å². The number of carbonyl (C=O) groups excluding carboxylic acids is 3. The maximum atomic E-state index is 13.4. The zero-order valence-corrected chi connectivity index (χ0v) is 22.6. The summed E-state index contributed by atoms with van der Waals surface area (Å²) < 4.78 is 21.0. The van der Waals surface area contributed by atoms with Crippen LogP contribution in [0.15, 0.2) is 78.4 Å². The van der Waals surface area contributed by atoms with Crippen LogP contribution in [0.1, 0.15) is 33.6 Å². The summed E-state index contributed by atoms with van der Waals surface area (Å²) in [6, 6.07) is 20.1. The minimum absolute atomic E-state index is 0.123. The summed E-state index contributed by atoms with van der Waals surface area (Å²) >= 11 is 0. The quantitative estimate of drug-likeness (QED) is 0.238. The van der Waals surface area contributed by atoms with Gasteiger partial charge in [0, 0.05) is 17.1 Å². The summed E-state index contributed by atoms with van der Waals surface area (Å²) in [4.78, 5) is 39.7. The number of nitrogens with zero attached hydrogens (tertiary/aromatic N) is 2. The summed E-state index contributed by atoms with van der Waals surface area (Å²) in [5.41, 5.74) is 6.37. The highest BCUT2D eigenvalue weighted by Gasteiger charge is 2.37. The van der Waals surface area contributed by atoms with Gasteiger partial charge in [0.05, 0.1) is 5.69 Å². The van der Waals surface area contributed by atoms with Crippen LogP contribution in [0, 0.1) is 33.5 Å². The molecule has 0 bridgehead atoms. The molecule has 0 aliphatic carbocycles. The standard InChI is InChI=1S/C32H28FN3O4/c1-19-5-10-27(15-20(19)2)36-31(38)29(30(37)34-32(36)39)17-24-16-21(3)35(22(24)4)26-11-13-28(14-12-26)40-18-23-6-8-25(33)9-7-23/h5-17H,18H2,1-4H3,(H,34,37,39)/b29-17+. The highest BCUT2D eigenvalue weighted by molar-refractivity contribution is 6.39. The van der Waals surface area contributed by atoms with E-state index in [-0.39, 0.29) is 11.4 Å². The van der Waals surface area contributed by atoms with Crippen LogP contribution in [-0.4, -0.2) is 22.4 Å². The smallest absolute Gasteiger partial charge is 0.335 e. The Morgan fingerprint density at radius 3 is 2.17 bits per heavy atom. The molecule has 0 saturated carbocycles. The van der Waals surface area contributed by atoms with Gasteiger partial charge in [-0.3, -0.25) is 14.9 Å². The zero-order valence-electron chi connectivity index (χ0n) is 22.6. The lowest BCUT2D eigenvalue weighted by molar-refractivity contribution is -0.122. The maximum Gasteiger partial charge on any atom is 0.335 e. The van der Waals surface area contributed by atoms with Crippen LogP contribution in [0.2, 0.25) is 0 Å². The van der Waals surface area contributed by atoms with Crippen LogP contribution in [0.5, 0.6) is 5.75 Å². The molecule has 8 heteroatoms. The van der Waals surface area contributed by atoms with Gasteiger partial charge in [-0.2, -0.15) is 0 Å². The Kier molecular flexibility index (Phi) is 7.09. The average Bonchev–Trinajstić information content (AvgIpc) is 3.20. The third-order valence-electron chi connectivity index (χ3n) is 7.03. The molecule has 1 aliphatic rings. The van der Waals surface area contributed by atoms with E-state index in [2.05, 4.69) is 5.32 Å². The molecule has 4 amide bonds. The molecule has 1 aromatic heterocycles. The molecular formula is C32H28FN3O4. The van der Waals surface area contributed by atoms with E-state index in [0.717, 1.165) is 38.7 Å². The Morgan fingerprint density at radius 1 is 0.825 bits per heavy atom. The lowest BCUT2D eigenvalue weighted by atomic mass is 10.1. The maximum absolute atomic E-state index is 13.4. The van der Waals surface area contributed by atoms with Gasteiger partial charge >= 0.3 is 6.03 Å². The number of hydrogen-bond donors (Lipinski definition) is 1. The van der Waals surface area contributed by atoms with Crippen molar-refractivity contribution in [2.24, 2.45) is 0 Å². The first-order valence-corrected chi connectivity index (χ1v) is 12.8. The first-order valence-electron chi connectivity index (χ1n) is 12.8. The topological polar surface area (TPSA) is 80.6 Å². The lowest BCUT2D eigenvalue weighted by Gasteiger charge is -2.26. The van der Waals surface area contributed by atoms with E-state index in [0.29, 0.717) is 23.6 Å². The van der Waals surface area contributed by atoms with Crippen molar-refractivity contribution < 1.29 is 23.5 Å². The van der Waals surface area contributed by atoms with E-state index in [9.17, 15) is 18.8 Å². The zero-order chi connectivity index (χ0) is 28.6. The average molecular weight is 538 g/mol. The number of aromatic nitrogens is 1. The van der Waals surface area contributed by atoms with E-state index in [1.807, 2.05) is 68.7 Å². The molecule has 40 heavy (non-hydrogen) atoms. The van der Waals surface area contributed by atoms with Crippen molar-refractivity contribution in [3.05, 3.63) is 118 Å². The van der Waals surface area contributed by atoms with Gasteiger partial charge in [0.25, 0.3) is 11.8 Å². The van der Waals surface area contributed by atoms with Crippen molar-refractivity contribution in [1.82, 2.24) is 9.88 Å². The number of urea groups is 1. The number of carbonyl (C=O) groups is 3. The van der Waals surface area contributed by atoms with E-state index in [1.165, 1.54) is 18.2 Å². The van der Waals surface area contributed by atoms with Crippen molar-refractivity contribution in [2.75, 3.05) is 4.90 Å². The first kappa shape index (κ1) is 26.6. The highest BCUT2D eigenvalue weighted by atomic mass is 19.1. The Balaban J connectivity index is 1.40. The van der Waals surface area contributed by atoms with E-state index >= 15 is 0 Å². The second-order valence-corrected chi connectivity index (χ2v) is 9.80. The fourth-order valence-electron chi connectivity index (χ4n) is 4.68. The van der Waals surface area contributed by atoms with Crippen molar-refractivity contribution in [2.45, 2.75) is 34.3 Å². The van der Waals surface area contributed by atoms with E-state index in [4.69, 9.17) is 4.74 Å². The summed E-state index contributed by atoms with van der Waals surface area (Å²) in [6.07, 6.45) is 1.52. The Bertz CT molecular complexity index is 1670. The third kappa shape index (κ3) is 5.16.